The van der Waals surface area contributed by atoms with Gasteiger partial charge in [0.05, 0.1) is 0 Å². The van der Waals surface area contributed by atoms with Gasteiger partial charge >= 0.3 is 0 Å². The Morgan fingerprint density at radius 2 is 1.31 bits per heavy atom. The van der Waals surface area contributed by atoms with Crippen LogP contribution in [0.5, 0.6) is 5.75 Å². The van der Waals surface area contributed by atoms with E-state index >= 15 is 0 Å². The van der Waals surface area contributed by atoms with Crippen molar-refractivity contribution in [3.63, 3.8) is 0 Å². The van der Waals surface area contributed by atoms with Gasteiger partial charge in [-0.1, -0.05) is 72.8 Å². The van der Waals surface area contributed by atoms with Crippen molar-refractivity contribution in [1.82, 2.24) is 4.90 Å². The number of hydrogen-bond donors (Lipinski definition) is 0. The normalized spacial score (nSPS) is 14.6. The Hall–Kier alpha value is -3.07. The van der Waals surface area contributed by atoms with Gasteiger partial charge in [0.15, 0.2) is 6.10 Å². The monoisotopic (exact) mass is 385 g/mol. The summed E-state index contributed by atoms with van der Waals surface area (Å²) in [5.41, 5.74) is 3.63. The van der Waals surface area contributed by atoms with Crippen molar-refractivity contribution in [2.45, 2.75) is 31.8 Å². The molecule has 148 valence electrons. The van der Waals surface area contributed by atoms with Gasteiger partial charge in [-0.15, -0.1) is 0 Å². The van der Waals surface area contributed by atoms with Crippen molar-refractivity contribution in [1.29, 1.82) is 0 Å². The van der Waals surface area contributed by atoms with Crippen molar-refractivity contribution in [2.75, 3.05) is 13.1 Å². The molecule has 1 unspecified atom stereocenters. The molecule has 0 spiro atoms. The summed E-state index contributed by atoms with van der Waals surface area (Å²) in [6.45, 7) is 1.67. The van der Waals surface area contributed by atoms with E-state index in [1.54, 1.807) is 0 Å². The summed E-state index contributed by atoms with van der Waals surface area (Å²) in [4.78, 5) is 15.0. The molecule has 4 rings (SSSR count). The van der Waals surface area contributed by atoms with E-state index in [1.165, 1.54) is 11.1 Å². The van der Waals surface area contributed by atoms with Gasteiger partial charge in [-0.3, -0.25) is 4.79 Å². The minimum absolute atomic E-state index is 0.0970. The summed E-state index contributed by atoms with van der Waals surface area (Å²) in [6.07, 6.45) is 3.15. The molecule has 1 amide bonds. The standard InChI is InChI=1S/C26H27NO2/c28-26(27-17-7-8-18-27)25(20-22-11-5-2-6-12-22)29-24-15-13-23(14-16-24)19-21-9-3-1-4-10-21/h1-6,9-16,25H,7-8,17-20H2. The van der Waals surface area contributed by atoms with Gasteiger partial charge in [-0.2, -0.15) is 0 Å². The Kier molecular flexibility index (Phi) is 6.25. The fraction of sp³-hybridized carbons (Fsp3) is 0.269. The number of likely N-dealkylation sites (tertiary alicyclic amines) is 1. The van der Waals surface area contributed by atoms with Gasteiger partial charge in [0, 0.05) is 19.5 Å². The molecule has 1 aliphatic rings. The summed E-state index contributed by atoms with van der Waals surface area (Å²) in [5, 5.41) is 0. The summed E-state index contributed by atoms with van der Waals surface area (Å²) < 4.78 is 6.21. The minimum Gasteiger partial charge on any atom is -0.480 e. The maximum atomic E-state index is 13.1. The Labute approximate surface area is 172 Å². The highest BCUT2D eigenvalue weighted by Gasteiger charge is 2.28. The molecular formula is C26H27NO2. The number of rotatable bonds is 7. The number of hydrogen-bond acceptors (Lipinski definition) is 2. The summed E-state index contributed by atoms with van der Waals surface area (Å²) >= 11 is 0. The quantitative estimate of drug-likeness (QED) is 0.579. The molecule has 3 aromatic carbocycles. The molecular weight excluding hydrogens is 358 g/mol. The van der Waals surface area contributed by atoms with Crippen molar-refractivity contribution in [2.24, 2.45) is 0 Å². The third-order valence-corrected chi connectivity index (χ3v) is 5.41. The average Bonchev–Trinajstić information content (AvgIpc) is 3.31. The maximum absolute atomic E-state index is 13.1. The van der Waals surface area contributed by atoms with E-state index in [0.717, 1.165) is 43.7 Å². The minimum atomic E-state index is -0.490. The molecule has 1 atom stereocenters. The molecule has 29 heavy (non-hydrogen) atoms. The van der Waals surface area contributed by atoms with Crippen LogP contribution in [0.1, 0.15) is 29.5 Å². The Morgan fingerprint density at radius 1 is 0.759 bits per heavy atom. The number of carbonyl (C=O) groups is 1. The predicted octanol–water partition coefficient (Wildman–Crippen LogP) is 4.89. The summed E-state index contributed by atoms with van der Waals surface area (Å²) in [5.74, 6) is 0.843. The second-order valence-corrected chi connectivity index (χ2v) is 7.63. The van der Waals surface area contributed by atoms with Crippen LogP contribution in [-0.4, -0.2) is 30.0 Å². The van der Waals surface area contributed by atoms with Crippen molar-refractivity contribution >= 4 is 5.91 Å². The third-order valence-electron chi connectivity index (χ3n) is 5.41. The Balaban J connectivity index is 1.46. The van der Waals surface area contributed by atoms with E-state index in [1.807, 2.05) is 41.3 Å². The zero-order chi connectivity index (χ0) is 19.9. The van der Waals surface area contributed by atoms with Crippen LogP contribution in [-0.2, 0) is 17.6 Å². The Morgan fingerprint density at radius 3 is 1.93 bits per heavy atom. The van der Waals surface area contributed by atoms with Crippen LogP contribution < -0.4 is 4.74 Å². The number of benzene rings is 3. The molecule has 1 fully saturated rings. The lowest BCUT2D eigenvalue weighted by Gasteiger charge is -2.24. The second kappa shape index (κ2) is 9.42. The highest BCUT2D eigenvalue weighted by Crippen LogP contribution is 2.20. The molecule has 0 radical (unpaired) electrons. The highest BCUT2D eigenvalue weighted by molar-refractivity contribution is 5.82. The SMILES string of the molecule is O=C(C(Cc1ccccc1)Oc1ccc(Cc2ccccc2)cc1)N1CCCC1. The molecule has 1 aliphatic heterocycles. The van der Waals surface area contributed by atoms with Crippen LogP contribution in [0, 0.1) is 0 Å². The van der Waals surface area contributed by atoms with Gasteiger partial charge < -0.3 is 9.64 Å². The number of carbonyl (C=O) groups excluding carboxylic acids is 1. The van der Waals surface area contributed by atoms with Gasteiger partial charge in [-0.05, 0) is 48.1 Å². The first-order valence-electron chi connectivity index (χ1n) is 10.4. The molecule has 3 aromatic rings. The van der Waals surface area contributed by atoms with Gasteiger partial charge in [-0.25, -0.2) is 0 Å². The molecule has 0 saturated carbocycles. The number of nitrogens with zero attached hydrogens (tertiary/aromatic N) is 1. The van der Waals surface area contributed by atoms with Gasteiger partial charge in [0.2, 0.25) is 0 Å². The fourth-order valence-corrected chi connectivity index (χ4v) is 3.83. The fourth-order valence-electron chi connectivity index (χ4n) is 3.83. The van der Waals surface area contributed by atoms with Crippen LogP contribution in [0.25, 0.3) is 0 Å². The Bertz CT molecular complexity index is 900. The largest absolute Gasteiger partial charge is 0.480 e. The van der Waals surface area contributed by atoms with Crippen molar-refractivity contribution in [3.05, 3.63) is 102 Å². The molecule has 0 N–H and O–H groups in total. The predicted molar refractivity (Wildman–Crippen MR) is 116 cm³/mol. The lowest BCUT2D eigenvalue weighted by molar-refractivity contribution is -0.137. The molecule has 0 aliphatic carbocycles. The lowest BCUT2D eigenvalue weighted by Crippen LogP contribution is -2.41. The molecule has 0 bridgehead atoms. The van der Waals surface area contributed by atoms with E-state index in [-0.39, 0.29) is 5.91 Å². The summed E-state index contributed by atoms with van der Waals surface area (Å²) in [6, 6.07) is 28.7. The van der Waals surface area contributed by atoms with Crippen LogP contribution in [0.3, 0.4) is 0 Å². The number of amides is 1. The first-order chi connectivity index (χ1) is 14.3. The molecule has 3 heteroatoms. The molecule has 1 saturated heterocycles. The van der Waals surface area contributed by atoms with Crippen molar-refractivity contribution < 1.29 is 9.53 Å². The lowest BCUT2D eigenvalue weighted by atomic mass is 10.0. The van der Waals surface area contributed by atoms with Crippen molar-refractivity contribution in [3.8, 4) is 5.75 Å². The average molecular weight is 386 g/mol. The van der Waals surface area contributed by atoms with Crippen LogP contribution in [0.2, 0.25) is 0 Å². The van der Waals surface area contributed by atoms with Crippen LogP contribution in [0.15, 0.2) is 84.9 Å². The zero-order valence-electron chi connectivity index (χ0n) is 16.7. The first kappa shape index (κ1) is 19.3. The maximum Gasteiger partial charge on any atom is 0.263 e. The molecule has 3 nitrogen and oxygen atoms in total. The molecule has 0 aromatic heterocycles. The summed E-state index contributed by atoms with van der Waals surface area (Å²) in [7, 11) is 0. The van der Waals surface area contributed by atoms with Gasteiger partial charge in [0.1, 0.15) is 5.75 Å². The third kappa shape index (κ3) is 5.26. The first-order valence-corrected chi connectivity index (χ1v) is 10.4. The zero-order valence-corrected chi connectivity index (χ0v) is 16.7. The van der Waals surface area contributed by atoms with E-state index in [0.29, 0.717) is 6.42 Å². The topological polar surface area (TPSA) is 29.5 Å². The van der Waals surface area contributed by atoms with E-state index in [4.69, 9.17) is 4.74 Å². The second-order valence-electron chi connectivity index (χ2n) is 7.63. The van der Waals surface area contributed by atoms with E-state index < -0.39 is 6.10 Å². The highest BCUT2D eigenvalue weighted by atomic mass is 16.5. The van der Waals surface area contributed by atoms with E-state index in [9.17, 15) is 4.79 Å². The van der Waals surface area contributed by atoms with E-state index in [2.05, 4.69) is 48.5 Å². The van der Waals surface area contributed by atoms with Crippen LogP contribution in [0.4, 0.5) is 0 Å². The molecule has 1 heterocycles. The van der Waals surface area contributed by atoms with Gasteiger partial charge in [0.25, 0.3) is 5.91 Å². The van der Waals surface area contributed by atoms with Crippen LogP contribution >= 0.6 is 0 Å². The smallest absolute Gasteiger partial charge is 0.263 e. The number of ether oxygens (including phenoxy) is 1.